The molecule has 0 spiro atoms. The lowest BCUT2D eigenvalue weighted by atomic mass is 9.80. The van der Waals surface area contributed by atoms with E-state index in [2.05, 4.69) is 10.5 Å². The molecule has 0 unspecified atom stereocenters. The van der Waals surface area contributed by atoms with Crippen LogP contribution in [0, 0.1) is 0 Å². The van der Waals surface area contributed by atoms with Gasteiger partial charge in [-0.3, -0.25) is 4.79 Å². The zero-order valence-electron chi connectivity index (χ0n) is 12.1. The number of amidine groups is 1. The van der Waals surface area contributed by atoms with Crippen LogP contribution in [-0.2, 0) is 0 Å². The zero-order valence-corrected chi connectivity index (χ0v) is 12.1. The van der Waals surface area contributed by atoms with Gasteiger partial charge in [-0.2, -0.15) is 0 Å². The van der Waals surface area contributed by atoms with Gasteiger partial charge in [0.1, 0.15) is 11.3 Å². The molecule has 6 nitrogen and oxygen atoms in total. The topological polar surface area (TPSA) is 96.9 Å². The number of oxime groups is 1. The van der Waals surface area contributed by atoms with Crippen molar-refractivity contribution in [3.63, 3.8) is 0 Å². The lowest BCUT2D eigenvalue weighted by Crippen LogP contribution is -2.58. The number of amides is 1. The number of carbonyl (C=O) groups excluding carboxylic acids is 1. The molecule has 1 aromatic rings. The first-order valence-electron chi connectivity index (χ1n) is 7.06. The minimum atomic E-state index is -0.757. The van der Waals surface area contributed by atoms with E-state index in [0.717, 1.165) is 19.3 Å². The van der Waals surface area contributed by atoms with Crippen LogP contribution in [-0.4, -0.2) is 29.6 Å². The van der Waals surface area contributed by atoms with Crippen LogP contribution in [0.2, 0.25) is 0 Å². The molecule has 1 fully saturated rings. The lowest BCUT2D eigenvalue weighted by Gasteiger charge is -2.36. The summed E-state index contributed by atoms with van der Waals surface area (Å²) in [7, 11) is 1.55. The minimum absolute atomic E-state index is 0.0680. The van der Waals surface area contributed by atoms with Crippen LogP contribution >= 0.6 is 0 Å². The zero-order chi connectivity index (χ0) is 15.3. The molecule has 0 radical (unpaired) electrons. The number of nitrogens with two attached hydrogens (primary N) is 1. The van der Waals surface area contributed by atoms with Gasteiger partial charge < -0.3 is 21.0 Å². The highest BCUT2D eigenvalue weighted by Gasteiger charge is 2.38. The number of methoxy groups -OCH3 is 1. The first kappa shape index (κ1) is 15.2. The number of nitrogens with one attached hydrogen (secondary N) is 1. The van der Waals surface area contributed by atoms with Crippen molar-refractivity contribution >= 4 is 11.7 Å². The van der Waals surface area contributed by atoms with Crippen molar-refractivity contribution in [3.8, 4) is 5.75 Å². The molecule has 0 aromatic heterocycles. The number of hydrogen-bond acceptors (Lipinski definition) is 4. The Morgan fingerprint density at radius 1 is 1.38 bits per heavy atom. The predicted octanol–water partition coefficient (Wildman–Crippen LogP) is 1.87. The van der Waals surface area contributed by atoms with E-state index in [9.17, 15) is 4.79 Å². The molecule has 6 heteroatoms. The van der Waals surface area contributed by atoms with E-state index in [1.54, 1.807) is 31.4 Å². The fourth-order valence-corrected chi connectivity index (χ4v) is 2.75. The Kier molecular flexibility index (Phi) is 4.67. The maximum absolute atomic E-state index is 12.4. The Bertz CT molecular complexity index is 537. The average molecular weight is 291 g/mol. The number of carbonyl (C=O) groups is 1. The first-order chi connectivity index (χ1) is 10.1. The normalized spacial score (nSPS) is 18.0. The summed E-state index contributed by atoms with van der Waals surface area (Å²) >= 11 is 0. The minimum Gasteiger partial charge on any atom is -0.497 e. The van der Waals surface area contributed by atoms with Gasteiger partial charge in [0.25, 0.3) is 5.91 Å². The van der Waals surface area contributed by atoms with Crippen molar-refractivity contribution in [3.05, 3.63) is 29.8 Å². The summed E-state index contributed by atoms with van der Waals surface area (Å²) in [5.74, 6) is 0.435. The van der Waals surface area contributed by atoms with E-state index in [4.69, 9.17) is 15.7 Å². The van der Waals surface area contributed by atoms with Crippen molar-refractivity contribution in [1.29, 1.82) is 0 Å². The SMILES string of the molecule is COc1cccc(C(=O)NC2(/C(N)=N/O)CCCCC2)c1. The Balaban J connectivity index is 2.21. The number of ether oxygens (including phenoxy) is 1. The molecular formula is C15H21N3O3. The Morgan fingerprint density at radius 3 is 2.71 bits per heavy atom. The number of hydrogen-bond donors (Lipinski definition) is 3. The molecule has 1 aliphatic rings. The molecule has 0 heterocycles. The highest BCUT2D eigenvalue weighted by molar-refractivity contribution is 6.00. The smallest absolute Gasteiger partial charge is 0.252 e. The van der Waals surface area contributed by atoms with E-state index in [1.165, 1.54) is 0 Å². The second-order valence-corrected chi connectivity index (χ2v) is 5.31. The molecule has 2 rings (SSSR count). The highest BCUT2D eigenvalue weighted by Crippen LogP contribution is 2.29. The van der Waals surface area contributed by atoms with Crippen LogP contribution in [0.3, 0.4) is 0 Å². The van der Waals surface area contributed by atoms with Crippen LogP contribution in [0.1, 0.15) is 42.5 Å². The Hall–Kier alpha value is -2.24. The molecule has 0 aliphatic heterocycles. The van der Waals surface area contributed by atoms with Gasteiger partial charge in [-0.25, -0.2) is 0 Å². The fraction of sp³-hybridized carbons (Fsp3) is 0.467. The summed E-state index contributed by atoms with van der Waals surface area (Å²) in [5, 5.41) is 15.1. The summed E-state index contributed by atoms with van der Waals surface area (Å²) < 4.78 is 5.12. The molecule has 0 saturated heterocycles. The molecule has 1 saturated carbocycles. The number of nitrogens with zero attached hydrogens (tertiary/aromatic N) is 1. The third-order valence-electron chi connectivity index (χ3n) is 3.99. The van der Waals surface area contributed by atoms with Crippen LogP contribution in [0.5, 0.6) is 5.75 Å². The molecule has 0 atom stereocenters. The van der Waals surface area contributed by atoms with Crippen molar-refractivity contribution < 1.29 is 14.7 Å². The van der Waals surface area contributed by atoms with Crippen LogP contribution in [0.15, 0.2) is 29.4 Å². The Morgan fingerprint density at radius 2 is 2.10 bits per heavy atom. The summed E-state index contributed by atoms with van der Waals surface area (Å²) in [6.07, 6.45) is 4.33. The molecule has 0 bridgehead atoms. The monoisotopic (exact) mass is 291 g/mol. The average Bonchev–Trinajstić information content (AvgIpc) is 2.54. The van der Waals surface area contributed by atoms with Crippen molar-refractivity contribution in [2.45, 2.75) is 37.6 Å². The van der Waals surface area contributed by atoms with Gasteiger partial charge in [-0.1, -0.05) is 30.5 Å². The van der Waals surface area contributed by atoms with Gasteiger partial charge in [0.05, 0.1) is 7.11 Å². The molecule has 21 heavy (non-hydrogen) atoms. The molecule has 1 amide bonds. The quantitative estimate of drug-likeness (QED) is 0.341. The third-order valence-corrected chi connectivity index (χ3v) is 3.99. The van der Waals surface area contributed by atoms with Gasteiger partial charge in [0.15, 0.2) is 5.84 Å². The maximum atomic E-state index is 12.4. The van der Waals surface area contributed by atoms with Crippen LogP contribution in [0.4, 0.5) is 0 Å². The van der Waals surface area contributed by atoms with Gasteiger partial charge in [-0.05, 0) is 31.0 Å². The Labute approximate surface area is 124 Å². The fourth-order valence-electron chi connectivity index (χ4n) is 2.75. The molecule has 4 N–H and O–H groups in total. The second kappa shape index (κ2) is 6.47. The standard InChI is InChI=1S/C15H21N3O3/c1-21-12-7-5-6-11(10-12)13(19)17-15(14(16)18-20)8-3-2-4-9-15/h5-7,10,20H,2-4,8-9H2,1H3,(H2,16,18)(H,17,19). The third kappa shape index (κ3) is 3.26. The summed E-state index contributed by atoms with van der Waals surface area (Å²) in [6.45, 7) is 0. The van der Waals surface area contributed by atoms with Gasteiger partial charge in [0, 0.05) is 5.56 Å². The maximum Gasteiger partial charge on any atom is 0.252 e. The lowest BCUT2D eigenvalue weighted by molar-refractivity contribution is 0.0905. The van der Waals surface area contributed by atoms with Crippen molar-refractivity contribution in [2.75, 3.05) is 7.11 Å². The van der Waals surface area contributed by atoms with E-state index >= 15 is 0 Å². The molecule has 1 aliphatic carbocycles. The molecule has 114 valence electrons. The summed E-state index contributed by atoms with van der Waals surface area (Å²) in [4.78, 5) is 12.4. The van der Waals surface area contributed by atoms with E-state index in [0.29, 0.717) is 24.2 Å². The van der Waals surface area contributed by atoms with Crippen LogP contribution in [0.25, 0.3) is 0 Å². The summed E-state index contributed by atoms with van der Waals surface area (Å²) in [6, 6.07) is 6.90. The van der Waals surface area contributed by atoms with Crippen molar-refractivity contribution in [2.24, 2.45) is 10.9 Å². The molecular weight excluding hydrogens is 270 g/mol. The summed E-state index contributed by atoms with van der Waals surface area (Å²) in [5.41, 5.74) is 5.56. The van der Waals surface area contributed by atoms with E-state index in [1.807, 2.05) is 0 Å². The number of rotatable bonds is 4. The van der Waals surface area contributed by atoms with Gasteiger partial charge in [0.2, 0.25) is 0 Å². The first-order valence-corrected chi connectivity index (χ1v) is 7.06. The van der Waals surface area contributed by atoms with Gasteiger partial charge >= 0.3 is 0 Å². The highest BCUT2D eigenvalue weighted by atomic mass is 16.5. The molecule has 1 aromatic carbocycles. The van der Waals surface area contributed by atoms with E-state index in [-0.39, 0.29) is 11.7 Å². The predicted molar refractivity (Wildman–Crippen MR) is 79.7 cm³/mol. The number of benzene rings is 1. The second-order valence-electron chi connectivity index (χ2n) is 5.31. The largest absolute Gasteiger partial charge is 0.497 e. The van der Waals surface area contributed by atoms with Crippen LogP contribution < -0.4 is 15.8 Å². The van der Waals surface area contributed by atoms with Gasteiger partial charge in [-0.15, -0.1) is 0 Å². The van der Waals surface area contributed by atoms with Crippen molar-refractivity contribution in [1.82, 2.24) is 5.32 Å². The van der Waals surface area contributed by atoms with E-state index < -0.39 is 5.54 Å².